The van der Waals surface area contributed by atoms with Gasteiger partial charge in [0.15, 0.2) is 5.78 Å². The molecule has 0 aliphatic rings. The van der Waals surface area contributed by atoms with Crippen LogP contribution in [-0.4, -0.2) is 12.9 Å². The van der Waals surface area contributed by atoms with Gasteiger partial charge in [0.1, 0.15) is 18.1 Å². The van der Waals surface area contributed by atoms with Crippen molar-refractivity contribution in [2.75, 3.05) is 7.11 Å². The van der Waals surface area contributed by atoms with Crippen molar-refractivity contribution in [3.05, 3.63) is 59.2 Å². The lowest BCUT2D eigenvalue weighted by molar-refractivity contribution is 0.101. The van der Waals surface area contributed by atoms with Gasteiger partial charge in [-0.3, -0.25) is 4.79 Å². The average molecular weight is 342 g/mol. The zero-order chi connectivity index (χ0) is 19.0. The van der Waals surface area contributed by atoms with Crippen molar-refractivity contribution in [3.63, 3.8) is 0 Å². The number of ether oxygens (including phenoxy) is 2. The highest BCUT2D eigenvalue weighted by atomic mass is 16.5. The second-order valence-corrected chi connectivity index (χ2v) is 6.69. The maximum absolute atomic E-state index is 11.6. The number of rotatable bonds is 5. The Balaban J connectivity index is 0.00000151. The van der Waals surface area contributed by atoms with Gasteiger partial charge in [-0.15, -0.1) is 0 Å². The Morgan fingerprint density at radius 3 is 2.00 bits per heavy atom. The summed E-state index contributed by atoms with van der Waals surface area (Å²) < 4.78 is 11.0. The van der Waals surface area contributed by atoms with Crippen LogP contribution in [0.25, 0.3) is 0 Å². The number of ketones is 1. The summed E-state index contributed by atoms with van der Waals surface area (Å²) in [5.74, 6) is 1.24. The van der Waals surface area contributed by atoms with Gasteiger partial charge in [0.2, 0.25) is 0 Å². The number of Topliss-reactive ketones (excluding diaryl/α,β-unsaturated/α-hetero) is 1. The van der Waals surface area contributed by atoms with Crippen molar-refractivity contribution >= 4 is 5.78 Å². The van der Waals surface area contributed by atoms with E-state index < -0.39 is 0 Å². The normalized spacial score (nSPS) is 10.5. The van der Waals surface area contributed by atoms with Gasteiger partial charge in [0, 0.05) is 11.6 Å². The molecule has 0 unspecified atom stereocenters. The minimum Gasteiger partial charge on any atom is -0.497 e. The van der Waals surface area contributed by atoms with E-state index in [-0.39, 0.29) is 11.2 Å². The second kappa shape index (κ2) is 9.26. The molecule has 3 heteroatoms. The van der Waals surface area contributed by atoms with Gasteiger partial charge >= 0.3 is 0 Å². The van der Waals surface area contributed by atoms with Crippen LogP contribution >= 0.6 is 0 Å². The monoisotopic (exact) mass is 342 g/mol. The van der Waals surface area contributed by atoms with Crippen LogP contribution in [0.4, 0.5) is 0 Å². The van der Waals surface area contributed by atoms with Crippen LogP contribution in [0.3, 0.4) is 0 Å². The molecule has 0 aromatic heterocycles. The SMILES string of the molecule is CC.COc1cc(OCc2ccc(C(C)(C)C)cc2)cc(C(C)=O)c1. The third-order valence-corrected chi connectivity index (χ3v) is 3.75. The summed E-state index contributed by atoms with van der Waals surface area (Å²) in [5.41, 5.74) is 3.11. The van der Waals surface area contributed by atoms with E-state index in [4.69, 9.17) is 9.47 Å². The minimum atomic E-state index is -0.0109. The summed E-state index contributed by atoms with van der Waals surface area (Å²) >= 11 is 0. The summed E-state index contributed by atoms with van der Waals surface area (Å²) in [7, 11) is 1.58. The molecule has 2 rings (SSSR count). The largest absolute Gasteiger partial charge is 0.497 e. The quantitative estimate of drug-likeness (QED) is 0.644. The Morgan fingerprint density at radius 2 is 1.52 bits per heavy atom. The van der Waals surface area contributed by atoms with Crippen LogP contribution in [0.2, 0.25) is 0 Å². The van der Waals surface area contributed by atoms with Crippen molar-refractivity contribution in [3.8, 4) is 11.5 Å². The lowest BCUT2D eigenvalue weighted by Gasteiger charge is -2.19. The van der Waals surface area contributed by atoms with Gasteiger partial charge in [0.25, 0.3) is 0 Å². The summed E-state index contributed by atoms with van der Waals surface area (Å²) in [6.45, 7) is 12.6. The van der Waals surface area contributed by atoms with Crippen molar-refractivity contribution < 1.29 is 14.3 Å². The zero-order valence-electron chi connectivity index (χ0n) is 16.5. The van der Waals surface area contributed by atoms with Gasteiger partial charge in [-0.2, -0.15) is 0 Å². The predicted molar refractivity (Wildman–Crippen MR) is 104 cm³/mol. The molecule has 3 nitrogen and oxygen atoms in total. The molecule has 0 aliphatic heterocycles. The summed E-state index contributed by atoms with van der Waals surface area (Å²) in [5, 5.41) is 0. The van der Waals surface area contributed by atoms with Crippen molar-refractivity contribution in [1.82, 2.24) is 0 Å². The molecule has 2 aromatic carbocycles. The molecular formula is C22H30O3. The number of carbonyl (C=O) groups is 1. The number of methoxy groups -OCH3 is 1. The van der Waals surface area contributed by atoms with E-state index >= 15 is 0 Å². The van der Waals surface area contributed by atoms with Crippen molar-refractivity contribution in [2.24, 2.45) is 0 Å². The van der Waals surface area contributed by atoms with Crippen LogP contribution in [0, 0.1) is 0 Å². The molecule has 0 radical (unpaired) electrons. The maximum atomic E-state index is 11.6. The topological polar surface area (TPSA) is 35.5 Å². The number of hydrogen-bond acceptors (Lipinski definition) is 3. The van der Waals surface area contributed by atoms with E-state index in [9.17, 15) is 4.79 Å². The molecule has 0 amide bonds. The molecular weight excluding hydrogens is 312 g/mol. The molecule has 0 atom stereocenters. The fourth-order valence-electron chi connectivity index (χ4n) is 2.24. The van der Waals surface area contributed by atoms with E-state index in [1.54, 1.807) is 25.3 Å². The molecule has 136 valence electrons. The summed E-state index contributed by atoms with van der Waals surface area (Å²) in [4.78, 5) is 11.6. The average Bonchev–Trinajstić information content (AvgIpc) is 2.61. The first-order chi connectivity index (χ1) is 11.8. The Morgan fingerprint density at radius 1 is 0.960 bits per heavy atom. The van der Waals surface area contributed by atoms with Crippen LogP contribution < -0.4 is 9.47 Å². The second-order valence-electron chi connectivity index (χ2n) is 6.69. The highest BCUT2D eigenvalue weighted by molar-refractivity contribution is 5.94. The Labute approximate surface area is 152 Å². The first kappa shape index (κ1) is 20.8. The van der Waals surface area contributed by atoms with Gasteiger partial charge in [0.05, 0.1) is 7.11 Å². The third-order valence-electron chi connectivity index (χ3n) is 3.75. The molecule has 25 heavy (non-hydrogen) atoms. The van der Waals surface area contributed by atoms with Crippen LogP contribution in [-0.2, 0) is 12.0 Å². The van der Waals surface area contributed by atoms with E-state index in [0.29, 0.717) is 23.7 Å². The third kappa shape index (κ3) is 6.26. The fourth-order valence-corrected chi connectivity index (χ4v) is 2.24. The molecule has 0 saturated heterocycles. The Kier molecular flexibility index (Phi) is 7.69. The molecule has 2 aromatic rings. The van der Waals surface area contributed by atoms with E-state index in [1.165, 1.54) is 12.5 Å². The first-order valence-electron chi connectivity index (χ1n) is 8.72. The molecule has 0 saturated carbocycles. The first-order valence-corrected chi connectivity index (χ1v) is 8.72. The van der Waals surface area contributed by atoms with Crippen LogP contribution in [0.5, 0.6) is 11.5 Å². The fraction of sp³-hybridized carbons (Fsp3) is 0.409. The van der Waals surface area contributed by atoms with Gasteiger partial charge < -0.3 is 9.47 Å². The minimum absolute atomic E-state index is 0.0109. The molecule has 0 heterocycles. The lowest BCUT2D eigenvalue weighted by atomic mass is 9.87. The smallest absolute Gasteiger partial charge is 0.160 e. The van der Waals surface area contributed by atoms with Crippen LogP contribution in [0.1, 0.15) is 63.0 Å². The highest BCUT2D eigenvalue weighted by Crippen LogP contribution is 2.25. The van der Waals surface area contributed by atoms with Crippen molar-refractivity contribution in [1.29, 1.82) is 0 Å². The Bertz CT molecular complexity index is 679. The molecule has 0 N–H and O–H groups in total. The molecule has 0 bridgehead atoms. The predicted octanol–water partition coefficient (Wildman–Crippen LogP) is 5.80. The van der Waals surface area contributed by atoms with Gasteiger partial charge in [-0.1, -0.05) is 58.9 Å². The molecule has 0 aliphatic carbocycles. The Hall–Kier alpha value is -2.29. The molecule has 0 spiro atoms. The van der Waals surface area contributed by atoms with E-state index in [2.05, 4.69) is 45.0 Å². The maximum Gasteiger partial charge on any atom is 0.160 e. The van der Waals surface area contributed by atoms with E-state index in [0.717, 1.165) is 5.56 Å². The summed E-state index contributed by atoms with van der Waals surface area (Å²) in [6, 6.07) is 13.7. The van der Waals surface area contributed by atoms with Crippen LogP contribution in [0.15, 0.2) is 42.5 Å². The van der Waals surface area contributed by atoms with Gasteiger partial charge in [-0.05, 0) is 35.6 Å². The number of hydrogen-bond donors (Lipinski definition) is 0. The lowest BCUT2D eigenvalue weighted by Crippen LogP contribution is -2.10. The van der Waals surface area contributed by atoms with Crippen molar-refractivity contribution in [2.45, 2.75) is 53.6 Å². The molecule has 0 fully saturated rings. The van der Waals surface area contributed by atoms with Gasteiger partial charge in [-0.25, -0.2) is 0 Å². The highest BCUT2D eigenvalue weighted by Gasteiger charge is 2.13. The van der Waals surface area contributed by atoms with E-state index in [1.807, 2.05) is 13.8 Å². The number of benzene rings is 2. The zero-order valence-corrected chi connectivity index (χ0v) is 16.5. The summed E-state index contributed by atoms with van der Waals surface area (Å²) in [6.07, 6.45) is 0. The number of carbonyl (C=O) groups excluding carboxylic acids is 1. The standard InChI is InChI=1S/C20H24O3.C2H6/c1-14(21)16-10-18(22-5)12-19(11-16)23-13-15-6-8-17(9-7-15)20(2,3)4;1-2/h6-12H,13H2,1-5H3;1-2H3.